The van der Waals surface area contributed by atoms with Gasteiger partial charge < -0.3 is 5.32 Å². The molecular formula is C23H15Cl2N3O. The zero-order valence-corrected chi connectivity index (χ0v) is 16.7. The summed E-state index contributed by atoms with van der Waals surface area (Å²) in [6, 6.07) is 24.5. The number of aromatic nitrogens is 1. The highest BCUT2D eigenvalue weighted by molar-refractivity contribution is 6.42. The second kappa shape index (κ2) is 7.07. The molecule has 3 aromatic carbocycles. The van der Waals surface area contributed by atoms with Gasteiger partial charge in [-0.1, -0.05) is 71.7 Å². The van der Waals surface area contributed by atoms with Crippen LogP contribution in [0.5, 0.6) is 0 Å². The molecule has 0 spiro atoms. The Hall–Kier alpha value is -3.08. The van der Waals surface area contributed by atoms with Gasteiger partial charge in [0.1, 0.15) is 12.0 Å². The summed E-state index contributed by atoms with van der Waals surface area (Å²) in [4.78, 5) is 20.0. The number of benzene rings is 3. The molecule has 2 heterocycles. The number of pyridine rings is 1. The number of carbonyl (C=O) groups is 1. The molecule has 0 unspecified atom stereocenters. The summed E-state index contributed by atoms with van der Waals surface area (Å²) in [5.74, 6) is 0.381. The fourth-order valence-electron chi connectivity index (χ4n) is 3.63. The van der Waals surface area contributed by atoms with Crippen molar-refractivity contribution in [3.05, 3.63) is 100 Å². The molecule has 0 bridgehead atoms. The van der Waals surface area contributed by atoms with E-state index in [2.05, 4.69) is 10.3 Å². The number of amides is 1. The van der Waals surface area contributed by atoms with Gasteiger partial charge in [-0.3, -0.25) is 9.69 Å². The lowest BCUT2D eigenvalue weighted by Gasteiger charge is -2.38. The van der Waals surface area contributed by atoms with Gasteiger partial charge in [-0.2, -0.15) is 0 Å². The van der Waals surface area contributed by atoms with Gasteiger partial charge in [-0.25, -0.2) is 4.98 Å². The van der Waals surface area contributed by atoms with Crippen molar-refractivity contribution in [1.82, 2.24) is 4.98 Å². The SMILES string of the molecule is O=C1c2cc3ccccc3nc2N[C@@H](c2cccc(Cl)c2Cl)N1c1ccccc1. The van der Waals surface area contributed by atoms with Gasteiger partial charge in [-0.05, 0) is 30.3 Å². The van der Waals surface area contributed by atoms with Crippen molar-refractivity contribution >= 4 is 51.5 Å². The van der Waals surface area contributed by atoms with E-state index in [1.165, 1.54) is 0 Å². The number of para-hydroxylation sites is 2. The molecule has 142 valence electrons. The first-order chi connectivity index (χ1) is 14.1. The molecule has 1 amide bonds. The van der Waals surface area contributed by atoms with Crippen LogP contribution < -0.4 is 10.2 Å². The average Bonchev–Trinajstić information content (AvgIpc) is 2.75. The molecule has 5 rings (SSSR count). The molecule has 1 atom stereocenters. The van der Waals surface area contributed by atoms with Crippen LogP contribution in [0.4, 0.5) is 11.5 Å². The van der Waals surface area contributed by atoms with Crippen LogP contribution in [0, 0.1) is 0 Å². The third-order valence-corrected chi connectivity index (χ3v) is 5.85. The number of hydrogen-bond acceptors (Lipinski definition) is 3. The largest absolute Gasteiger partial charge is 0.345 e. The van der Waals surface area contributed by atoms with E-state index >= 15 is 0 Å². The number of hydrogen-bond donors (Lipinski definition) is 1. The van der Waals surface area contributed by atoms with E-state index in [-0.39, 0.29) is 5.91 Å². The van der Waals surface area contributed by atoms with E-state index in [0.717, 1.165) is 16.6 Å². The molecule has 4 nitrogen and oxygen atoms in total. The molecule has 0 saturated carbocycles. The highest BCUT2D eigenvalue weighted by atomic mass is 35.5. The minimum absolute atomic E-state index is 0.149. The highest BCUT2D eigenvalue weighted by Gasteiger charge is 2.36. The molecule has 29 heavy (non-hydrogen) atoms. The predicted octanol–water partition coefficient (Wildman–Crippen LogP) is 6.31. The lowest BCUT2D eigenvalue weighted by atomic mass is 10.0. The molecule has 6 heteroatoms. The van der Waals surface area contributed by atoms with E-state index < -0.39 is 6.17 Å². The number of rotatable bonds is 2. The molecule has 1 aliphatic heterocycles. The summed E-state index contributed by atoms with van der Waals surface area (Å²) in [5.41, 5.74) is 2.79. The maximum absolute atomic E-state index is 13.6. The topological polar surface area (TPSA) is 45.2 Å². The maximum Gasteiger partial charge on any atom is 0.264 e. The predicted molar refractivity (Wildman–Crippen MR) is 118 cm³/mol. The number of halogens is 2. The third kappa shape index (κ3) is 3.01. The standard InChI is InChI=1S/C23H15Cl2N3O/c24-18-11-6-10-16(20(18)25)22-27-21-17(13-14-7-4-5-12-19(14)26-21)23(29)28(22)15-8-2-1-3-9-15/h1-13,22H,(H,26,27)/t22-/m1/s1. The molecule has 0 radical (unpaired) electrons. The fraction of sp³-hybridized carbons (Fsp3) is 0.0435. The van der Waals surface area contributed by atoms with Crippen molar-refractivity contribution in [3.63, 3.8) is 0 Å². The first-order valence-electron chi connectivity index (χ1n) is 9.12. The number of nitrogens with zero attached hydrogens (tertiary/aromatic N) is 2. The average molecular weight is 420 g/mol. The third-order valence-electron chi connectivity index (χ3n) is 5.02. The first kappa shape index (κ1) is 18.0. The second-order valence-corrected chi connectivity index (χ2v) is 7.56. The van der Waals surface area contributed by atoms with Crippen LogP contribution in [-0.2, 0) is 0 Å². The Morgan fingerprint density at radius 2 is 1.66 bits per heavy atom. The normalized spacial score (nSPS) is 15.9. The van der Waals surface area contributed by atoms with Crippen LogP contribution in [0.3, 0.4) is 0 Å². The van der Waals surface area contributed by atoms with Gasteiger partial charge in [0.2, 0.25) is 0 Å². The molecule has 1 aliphatic rings. The lowest BCUT2D eigenvalue weighted by molar-refractivity contribution is 0.0974. The summed E-state index contributed by atoms with van der Waals surface area (Å²) >= 11 is 12.8. The summed E-state index contributed by atoms with van der Waals surface area (Å²) in [6.45, 7) is 0. The summed E-state index contributed by atoms with van der Waals surface area (Å²) in [5, 5.41) is 5.16. The summed E-state index contributed by atoms with van der Waals surface area (Å²) in [7, 11) is 0. The Labute approximate surface area is 177 Å². The second-order valence-electron chi connectivity index (χ2n) is 6.78. The van der Waals surface area contributed by atoms with Crippen LogP contribution in [0.1, 0.15) is 22.1 Å². The van der Waals surface area contributed by atoms with E-state index in [4.69, 9.17) is 23.2 Å². The van der Waals surface area contributed by atoms with E-state index in [1.807, 2.05) is 72.8 Å². The zero-order valence-electron chi connectivity index (χ0n) is 15.1. The van der Waals surface area contributed by atoms with Gasteiger partial charge >= 0.3 is 0 Å². The quantitative estimate of drug-likeness (QED) is 0.413. The number of carbonyl (C=O) groups excluding carboxylic acids is 1. The van der Waals surface area contributed by atoms with Gasteiger partial charge in [0.25, 0.3) is 5.91 Å². The van der Waals surface area contributed by atoms with Crippen LogP contribution >= 0.6 is 23.2 Å². The Bertz CT molecular complexity index is 1240. The van der Waals surface area contributed by atoms with Crippen molar-refractivity contribution in [3.8, 4) is 0 Å². The Kier molecular flexibility index (Phi) is 4.38. The molecule has 0 fully saturated rings. The number of fused-ring (bicyclic) bond motifs is 2. The fourth-order valence-corrected chi connectivity index (χ4v) is 4.04. The number of anilines is 2. The molecular weight excluding hydrogens is 405 g/mol. The minimum atomic E-state index is -0.544. The smallest absolute Gasteiger partial charge is 0.264 e. The molecule has 0 aliphatic carbocycles. The minimum Gasteiger partial charge on any atom is -0.345 e. The van der Waals surface area contributed by atoms with Crippen LogP contribution in [0.2, 0.25) is 10.0 Å². The molecule has 0 saturated heterocycles. The van der Waals surface area contributed by atoms with E-state index in [1.54, 1.807) is 11.0 Å². The molecule has 1 N–H and O–H groups in total. The van der Waals surface area contributed by atoms with Crippen molar-refractivity contribution in [2.75, 3.05) is 10.2 Å². The van der Waals surface area contributed by atoms with E-state index in [0.29, 0.717) is 27.0 Å². The van der Waals surface area contributed by atoms with Crippen molar-refractivity contribution in [1.29, 1.82) is 0 Å². The maximum atomic E-state index is 13.6. The zero-order chi connectivity index (χ0) is 20.0. The Balaban J connectivity index is 1.73. The van der Waals surface area contributed by atoms with Gasteiger partial charge in [-0.15, -0.1) is 0 Å². The number of nitrogens with one attached hydrogen (secondary N) is 1. The van der Waals surface area contributed by atoms with Crippen LogP contribution in [0.25, 0.3) is 10.9 Å². The Morgan fingerprint density at radius 1 is 0.897 bits per heavy atom. The Morgan fingerprint density at radius 3 is 2.48 bits per heavy atom. The van der Waals surface area contributed by atoms with Crippen LogP contribution in [0.15, 0.2) is 78.9 Å². The summed E-state index contributed by atoms with van der Waals surface area (Å²) in [6.07, 6.45) is -0.544. The first-order valence-corrected chi connectivity index (χ1v) is 9.88. The lowest BCUT2D eigenvalue weighted by Crippen LogP contribution is -2.43. The monoisotopic (exact) mass is 419 g/mol. The summed E-state index contributed by atoms with van der Waals surface area (Å²) < 4.78 is 0. The van der Waals surface area contributed by atoms with Crippen molar-refractivity contribution in [2.24, 2.45) is 0 Å². The van der Waals surface area contributed by atoms with Gasteiger partial charge in [0, 0.05) is 16.6 Å². The van der Waals surface area contributed by atoms with Crippen molar-refractivity contribution < 1.29 is 4.79 Å². The van der Waals surface area contributed by atoms with Crippen LogP contribution in [-0.4, -0.2) is 10.9 Å². The molecule has 4 aromatic rings. The van der Waals surface area contributed by atoms with E-state index in [9.17, 15) is 4.79 Å². The highest BCUT2D eigenvalue weighted by Crippen LogP contribution is 2.40. The van der Waals surface area contributed by atoms with Gasteiger partial charge in [0.15, 0.2) is 0 Å². The van der Waals surface area contributed by atoms with Gasteiger partial charge in [0.05, 0.1) is 21.1 Å². The van der Waals surface area contributed by atoms with Crippen molar-refractivity contribution in [2.45, 2.75) is 6.17 Å². The molecule has 1 aromatic heterocycles.